The van der Waals surface area contributed by atoms with Crippen LogP contribution in [0.25, 0.3) is 44.6 Å². The van der Waals surface area contributed by atoms with Crippen molar-refractivity contribution >= 4 is 22.1 Å². The molecule has 0 aliphatic heterocycles. The average molecular weight is 503 g/mol. The fourth-order valence-electron chi connectivity index (χ4n) is 5.04. The molecular formula is C33H29N5. The minimum atomic E-state index is -3.25. The Balaban J connectivity index is 1.54. The van der Waals surface area contributed by atoms with Crippen LogP contribution in [0.1, 0.15) is 45.3 Å². The highest BCUT2D eigenvalue weighted by molar-refractivity contribution is 5.87. The Labute approximate surface area is 232 Å². The van der Waals surface area contributed by atoms with E-state index in [2.05, 4.69) is 11.1 Å². The maximum Gasteiger partial charge on any atom is 0.140 e. The number of fused-ring (bicyclic) bond motifs is 2. The lowest BCUT2D eigenvalue weighted by Crippen LogP contribution is -2.05. The molecule has 6 rings (SSSR count). The number of nitrogens with zero attached hydrogens (tertiary/aromatic N) is 5. The third kappa shape index (κ3) is 4.05. The molecule has 186 valence electrons. The van der Waals surface area contributed by atoms with Crippen molar-refractivity contribution < 1.29 is 9.60 Å². The van der Waals surface area contributed by atoms with Crippen LogP contribution in [0.2, 0.25) is 0 Å². The van der Waals surface area contributed by atoms with E-state index < -0.39 is 19.6 Å². The number of aryl methyl sites for hydroxylation is 3. The number of rotatable bonds is 6. The van der Waals surface area contributed by atoms with Gasteiger partial charge in [-0.15, -0.1) is 0 Å². The van der Waals surface area contributed by atoms with Crippen molar-refractivity contribution in [1.29, 1.82) is 5.26 Å². The maximum atomic E-state index is 9.55. The van der Waals surface area contributed by atoms with Crippen LogP contribution in [0, 0.1) is 18.3 Å². The Kier molecular flexibility index (Phi) is 4.30. The van der Waals surface area contributed by atoms with Crippen molar-refractivity contribution in [3.05, 3.63) is 107 Å². The summed E-state index contributed by atoms with van der Waals surface area (Å²) in [5, 5.41) is 9.55. The van der Waals surface area contributed by atoms with E-state index in [0.29, 0.717) is 28.0 Å². The molecule has 0 spiro atoms. The highest BCUT2D eigenvalue weighted by Gasteiger charge is 2.17. The quantitative estimate of drug-likeness (QED) is 0.238. The fraction of sp³-hybridized carbons (Fsp3) is 0.182. The van der Waals surface area contributed by atoms with E-state index in [0.717, 1.165) is 33.3 Å². The number of hydrogen-bond donors (Lipinski definition) is 0. The molecule has 5 heteroatoms. The van der Waals surface area contributed by atoms with Gasteiger partial charge in [0.05, 0.1) is 33.7 Å². The fourth-order valence-corrected chi connectivity index (χ4v) is 5.04. The highest BCUT2D eigenvalue weighted by Crippen LogP contribution is 2.31. The van der Waals surface area contributed by atoms with Gasteiger partial charge in [-0.05, 0) is 65.9 Å². The van der Waals surface area contributed by atoms with Gasteiger partial charge < -0.3 is 9.13 Å². The van der Waals surface area contributed by atoms with E-state index in [1.807, 2.05) is 91.3 Å². The summed E-state index contributed by atoms with van der Waals surface area (Å²) in [7, 11) is 1.92. The van der Waals surface area contributed by atoms with Gasteiger partial charge in [0.1, 0.15) is 11.6 Å². The van der Waals surface area contributed by atoms with Crippen LogP contribution in [0.15, 0.2) is 84.9 Å². The molecular weight excluding hydrogens is 466 g/mol. The van der Waals surface area contributed by atoms with Crippen molar-refractivity contribution in [1.82, 2.24) is 19.1 Å². The van der Waals surface area contributed by atoms with E-state index in [1.54, 1.807) is 16.7 Å². The first-order valence-corrected chi connectivity index (χ1v) is 12.3. The molecule has 0 fully saturated rings. The second-order valence-electron chi connectivity index (χ2n) is 9.27. The van der Waals surface area contributed by atoms with Crippen LogP contribution >= 0.6 is 0 Å². The first kappa shape index (κ1) is 16.9. The molecule has 2 heterocycles. The lowest BCUT2D eigenvalue weighted by atomic mass is 9.99. The second-order valence-corrected chi connectivity index (χ2v) is 9.27. The van der Waals surface area contributed by atoms with Crippen LogP contribution in [-0.2, 0) is 20.0 Å². The Morgan fingerprint density at radius 3 is 2.50 bits per heavy atom. The summed E-state index contributed by atoms with van der Waals surface area (Å²) in [5.41, 5.74) is 7.11. The van der Waals surface area contributed by atoms with Crippen molar-refractivity contribution in [3.63, 3.8) is 0 Å². The molecule has 4 aromatic carbocycles. The minimum absolute atomic E-state index is 0.0913. The smallest absolute Gasteiger partial charge is 0.140 e. The zero-order valence-corrected chi connectivity index (χ0v) is 21.0. The number of imidazole rings is 2. The predicted molar refractivity (Wildman–Crippen MR) is 154 cm³/mol. The van der Waals surface area contributed by atoms with Crippen LogP contribution in [0.5, 0.6) is 0 Å². The monoisotopic (exact) mass is 502 g/mol. The van der Waals surface area contributed by atoms with E-state index in [9.17, 15) is 5.26 Å². The van der Waals surface area contributed by atoms with E-state index in [-0.39, 0.29) is 12.4 Å². The van der Waals surface area contributed by atoms with E-state index in [4.69, 9.17) is 14.6 Å². The Bertz CT molecular complexity index is 2120. The van der Waals surface area contributed by atoms with Gasteiger partial charge in [-0.1, -0.05) is 61.4 Å². The third-order valence-electron chi connectivity index (χ3n) is 6.92. The van der Waals surface area contributed by atoms with Gasteiger partial charge in [-0.25, -0.2) is 9.97 Å². The average Bonchev–Trinajstić information content (AvgIpc) is 3.55. The standard InChI is InChI=1S/C33H29N5/c1-4-9-31-36-32-22(2)18-26(33-35-28-12-7-8-13-29(28)37(33)3)19-30(32)38(31)21-23-14-16-24(17-15-23)27-11-6-5-10-25(27)20-34/h5-8,10-19H,4,9,21H2,1-3H3/i1D3,4D2,9D2. The number of nitriles is 1. The number of hydrogen-bond acceptors (Lipinski definition) is 3. The topological polar surface area (TPSA) is 59.4 Å². The third-order valence-corrected chi connectivity index (χ3v) is 6.92. The van der Waals surface area contributed by atoms with Crippen LogP contribution < -0.4 is 0 Å². The molecule has 6 aromatic rings. The molecule has 0 saturated heterocycles. The maximum absolute atomic E-state index is 9.55. The summed E-state index contributed by atoms with van der Waals surface area (Å²) < 4.78 is 61.5. The molecule has 0 atom stereocenters. The van der Waals surface area contributed by atoms with Gasteiger partial charge in [0.15, 0.2) is 0 Å². The van der Waals surface area contributed by atoms with Crippen LogP contribution in [-0.4, -0.2) is 19.1 Å². The zero-order valence-electron chi connectivity index (χ0n) is 28.0. The number of para-hydroxylation sites is 2. The first-order chi connectivity index (χ1) is 21.2. The summed E-state index contributed by atoms with van der Waals surface area (Å²) in [6.07, 6.45) is -6.22. The SMILES string of the molecule is [2H]C([2H])([2H])C([2H])([2H])C([2H])([2H])c1nc2c(C)cc(-c3nc4ccccc4n3C)cc2n1Cc1ccc(-c2ccccc2C#N)cc1. The van der Waals surface area contributed by atoms with Gasteiger partial charge in [0.2, 0.25) is 0 Å². The van der Waals surface area contributed by atoms with Crippen LogP contribution in [0.3, 0.4) is 0 Å². The normalized spacial score (nSPS) is 15.1. The van der Waals surface area contributed by atoms with Gasteiger partial charge >= 0.3 is 0 Å². The first-order valence-electron chi connectivity index (χ1n) is 15.8. The molecule has 0 aliphatic carbocycles. The van der Waals surface area contributed by atoms with Crippen molar-refractivity contribution in [2.45, 2.75) is 33.1 Å². The summed E-state index contributed by atoms with van der Waals surface area (Å²) in [6.45, 7) is -1.32. The molecule has 2 aromatic heterocycles. The lowest BCUT2D eigenvalue weighted by molar-refractivity contribution is 0.722. The van der Waals surface area contributed by atoms with Gasteiger partial charge in [0.25, 0.3) is 0 Å². The summed E-state index contributed by atoms with van der Waals surface area (Å²) in [5.74, 6) is 0.375. The van der Waals surface area contributed by atoms with E-state index in [1.165, 1.54) is 0 Å². The zero-order chi connectivity index (χ0) is 32.3. The lowest BCUT2D eigenvalue weighted by Gasteiger charge is -2.12. The molecule has 0 N–H and O–H groups in total. The molecule has 0 bridgehead atoms. The van der Waals surface area contributed by atoms with Crippen LogP contribution in [0.4, 0.5) is 0 Å². The molecule has 0 saturated carbocycles. The van der Waals surface area contributed by atoms with Gasteiger partial charge in [-0.3, -0.25) is 0 Å². The molecule has 0 radical (unpaired) electrons. The van der Waals surface area contributed by atoms with Crippen molar-refractivity contribution in [2.24, 2.45) is 7.05 Å². The van der Waals surface area contributed by atoms with Gasteiger partial charge in [0, 0.05) is 35.1 Å². The van der Waals surface area contributed by atoms with Gasteiger partial charge in [-0.2, -0.15) is 5.26 Å². The highest BCUT2D eigenvalue weighted by atomic mass is 15.1. The second kappa shape index (κ2) is 9.64. The molecule has 5 nitrogen and oxygen atoms in total. The largest absolute Gasteiger partial charge is 0.327 e. The molecule has 0 unspecified atom stereocenters. The summed E-state index contributed by atoms with van der Waals surface area (Å²) >= 11 is 0. The predicted octanol–water partition coefficient (Wildman–Crippen LogP) is 7.44. The Morgan fingerprint density at radius 2 is 1.71 bits per heavy atom. The molecule has 0 amide bonds. The summed E-state index contributed by atoms with van der Waals surface area (Å²) in [6, 6.07) is 28.5. The number of benzene rings is 4. The van der Waals surface area contributed by atoms with Crippen molar-refractivity contribution in [3.8, 4) is 28.6 Å². The van der Waals surface area contributed by atoms with E-state index >= 15 is 0 Å². The van der Waals surface area contributed by atoms with Crippen molar-refractivity contribution in [2.75, 3.05) is 0 Å². The minimum Gasteiger partial charge on any atom is -0.327 e. The Morgan fingerprint density at radius 1 is 0.921 bits per heavy atom. The summed E-state index contributed by atoms with van der Waals surface area (Å²) in [4.78, 5) is 9.41. The number of aromatic nitrogens is 4. The Hall–Kier alpha value is -4.69. The molecule has 38 heavy (non-hydrogen) atoms. The molecule has 0 aliphatic rings.